The summed E-state index contributed by atoms with van der Waals surface area (Å²) >= 11 is 0. The molecule has 0 aliphatic heterocycles. The minimum Gasteiger partial charge on any atom is -0.355 e. The summed E-state index contributed by atoms with van der Waals surface area (Å²) < 4.78 is 0. The Morgan fingerprint density at radius 3 is 1.95 bits per heavy atom. The first-order valence-corrected chi connectivity index (χ1v) is 7.25. The molecule has 0 saturated carbocycles. The zero-order valence-electron chi connectivity index (χ0n) is 12.2. The Morgan fingerprint density at radius 2 is 1.37 bits per heavy atom. The number of para-hydroxylation sites is 1. The van der Waals surface area contributed by atoms with Crippen molar-refractivity contribution in [2.24, 2.45) is 0 Å². The first-order chi connectivity index (χ1) is 9.30. The van der Waals surface area contributed by atoms with Gasteiger partial charge in [0.1, 0.15) is 0 Å². The van der Waals surface area contributed by atoms with Crippen LogP contribution in [-0.4, -0.2) is 0 Å². The average molecular weight is 253 g/mol. The third kappa shape index (κ3) is 2.98. The first kappa shape index (κ1) is 13.7. The van der Waals surface area contributed by atoms with Gasteiger partial charge in [0.05, 0.1) is 0 Å². The van der Waals surface area contributed by atoms with Crippen LogP contribution in [0.2, 0.25) is 0 Å². The van der Waals surface area contributed by atoms with Crippen LogP contribution in [0.4, 0.5) is 11.4 Å². The molecule has 19 heavy (non-hydrogen) atoms. The van der Waals surface area contributed by atoms with Crippen LogP contribution < -0.4 is 5.32 Å². The second-order valence-corrected chi connectivity index (χ2v) is 4.79. The zero-order chi connectivity index (χ0) is 13.7. The van der Waals surface area contributed by atoms with E-state index in [4.69, 9.17) is 0 Å². The molecule has 0 heterocycles. The smallest absolute Gasteiger partial charge is 0.0451 e. The summed E-state index contributed by atoms with van der Waals surface area (Å²) in [6.07, 6.45) is 3.23. The predicted molar refractivity (Wildman–Crippen MR) is 84.3 cm³/mol. The lowest BCUT2D eigenvalue weighted by Gasteiger charge is -2.18. The van der Waals surface area contributed by atoms with Gasteiger partial charge in [-0.25, -0.2) is 0 Å². The van der Waals surface area contributed by atoms with Gasteiger partial charge in [0.25, 0.3) is 0 Å². The summed E-state index contributed by atoms with van der Waals surface area (Å²) in [7, 11) is 0. The second kappa shape index (κ2) is 6.42. The molecule has 0 amide bonds. The molecule has 0 fully saturated rings. The fourth-order valence-electron chi connectivity index (χ4n) is 2.59. The number of benzene rings is 2. The highest BCUT2D eigenvalue weighted by Gasteiger charge is 2.10. The van der Waals surface area contributed by atoms with Crippen molar-refractivity contribution >= 4 is 11.4 Å². The van der Waals surface area contributed by atoms with Gasteiger partial charge in [-0.05, 0) is 48.1 Å². The molecule has 2 aromatic rings. The summed E-state index contributed by atoms with van der Waals surface area (Å²) in [5.41, 5.74) is 6.80. The van der Waals surface area contributed by atoms with Gasteiger partial charge in [0.2, 0.25) is 0 Å². The van der Waals surface area contributed by atoms with Gasteiger partial charge in [-0.3, -0.25) is 0 Å². The fraction of sp³-hybridized carbons (Fsp3) is 0.333. The van der Waals surface area contributed by atoms with Gasteiger partial charge in [-0.1, -0.05) is 51.1 Å². The van der Waals surface area contributed by atoms with E-state index >= 15 is 0 Å². The van der Waals surface area contributed by atoms with Crippen LogP contribution in [0.25, 0.3) is 0 Å². The van der Waals surface area contributed by atoms with E-state index in [-0.39, 0.29) is 0 Å². The summed E-state index contributed by atoms with van der Waals surface area (Å²) in [4.78, 5) is 0. The van der Waals surface area contributed by atoms with Crippen molar-refractivity contribution in [3.05, 3.63) is 59.2 Å². The van der Waals surface area contributed by atoms with Crippen LogP contribution in [0.3, 0.4) is 0 Å². The van der Waals surface area contributed by atoms with Gasteiger partial charge in [0, 0.05) is 11.4 Å². The summed E-state index contributed by atoms with van der Waals surface area (Å²) in [5, 5.41) is 3.62. The molecule has 1 nitrogen and oxygen atoms in total. The highest BCUT2D eigenvalue weighted by molar-refractivity contribution is 5.68. The Hall–Kier alpha value is -1.76. The number of rotatable bonds is 5. The number of hydrogen-bond donors (Lipinski definition) is 1. The molecule has 1 heteroatoms. The van der Waals surface area contributed by atoms with E-state index in [1.807, 2.05) is 0 Å². The Balaban J connectivity index is 2.46. The molecule has 0 bridgehead atoms. The standard InChI is InChI=1S/C18H23N/c1-4-14-12-13-15(5-2)18(17(14)6-3)19-16-10-8-7-9-11-16/h7-13,19H,4-6H2,1-3H3. The van der Waals surface area contributed by atoms with Crippen molar-refractivity contribution in [3.8, 4) is 0 Å². The number of anilines is 2. The number of hydrogen-bond acceptors (Lipinski definition) is 1. The van der Waals surface area contributed by atoms with Crippen LogP contribution in [0.1, 0.15) is 37.5 Å². The largest absolute Gasteiger partial charge is 0.355 e. The normalized spacial score (nSPS) is 10.5. The highest BCUT2D eigenvalue weighted by atomic mass is 14.9. The molecule has 0 saturated heterocycles. The lowest BCUT2D eigenvalue weighted by atomic mass is 9.95. The van der Waals surface area contributed by atoms with E-state index < -0.39 is 0 Å². The molecule has 100 valence electrons. The van der Waals surface area contributed by atoms with Crippen LogP contribution in [0.15, 0.2) is 42.5 Å². The molecule has 0 atom stereocenters. The third-order valence-corrected chi connectivity index (χ3v) is 3.65. The second-order valence-electron chi connectivity index (χ2n) is 4.79. The fourth-order valence-corrected chi connectivity index (χ4v) is 2.59. The van der Waals surface area contributed by atoms with Crippen molar-refractivity contribution in [1.29, 1.82) is 0 Å². The maximum Gasteiger partial charge on any atom is 0.0451 e. The molecule has 1 N–H and O–H groups in total. The molecular weight excluding hydrogens is 230 g/mol. The van der Waals surface area contributed by atoms with E-state index in [0.29, 0.717) is 0 Å². The van der Waals surface area contributed by atoms with Gasteiger partial charge < -0.3 is 5.32 Å². The zero-order valence-corrected chi connectivity index (χ0v) is 12.2. The van der Waals surface area contributed by atoms with Crippen molar-refractivity contribution in [3.63, 3.8) is 0 Å². The molecule has 0 spiro atoms. The first-order valence-electron chi connectivity index (χ1n) is 7.25. The Bertz CT molecular complexity index is 529. The van der Waals surface area contributed by atoms with E-state index in [1.165, 1.54) is 28.1 Å². The van der Waals surface area contributed by atoms with Crippen molar-refractivity contribution in [1.82, 2.24) is 0 Å². The van der Waals surface area contributed by atoms with Gasteiger partial charge in [-0.15, -0.1) is 0 Å². The van der Waals surface area contributed by atoms with Gasteiger partial charge >= 0.3 is 0 Å². The molecule has 0 aliphatic carbocycles. The third-order valence-electron chi connectivity index (χ3n) is 3.65. The topological polar surface area (TPSA) is 12.0 Å². The quantitative estimate of drug-likeness (QED) is 0.780. The SMILES string of the molecule is CCc1ccc(CC)c(Nc2ccccc2)c1CC. The minimum atomic E-state index is 1.06. The molecule has 0 unspecified atom stereocenters. The Morgan fingerprint density at radius 1 is 0.737 bits per heavy atom. The minimum absolute atomic E-state index is 1.06. The predicted octanol–water partition coefficient (Wildman–Crippen LogP) is 5.12. The molecular formula is C18H23N. The van der Waals surface area contributed by atoms with Crippen LogP contribution in [-0.2, 0) is 19.3 Å². The Kier molecular flexibility index (Phi) is 4.62. The lowest BCUT2D eigenvalue weighted by Crippen LogP contribution is -2.03. The van der Waals surface area contributed by atoms with Crippen LogP contribution >= 0.6 is 0 Å². The van der Waals surface area contributed by atoms with E-state index in [9.17, 15) is 0 Å². The van der Waals surface area contributed by atoms with Crippen molar-refractivity contribution in [2.75, 3.05) is 5.32 Å². The van der Waals surface area contributed by atoms with Crippen molar-refractivity contribution in [2.45, 2.75) is 40.0 Å². The van der Waals surface area contributed by atoms with Crippen molar-refractivity contribution < 1.29 is 0 Å². The molecule has 2 aromatic carbocycles. The number of nitrogens with one attached hydrogen (secondary N) is 1. The average Bonchev–Trinajstić information content (AvgIpc) is 2.47. The van der Waals surface area contributed by atoms with Gasteiger partial charge in [0.15, 0.2) is 0 Å². The summed E-state index contributed by atoms with van der Waals surface area (Å²) in [6.45, 7) is 6.69. The summed E-state index contributed by atoms with van der Waals surface area (Å²) in [6, 6.07) is 15.0. The number of aryl methyl sites for hydroxylation is 2. The van der Waals surface area contributed by atoms with E-state index in [1.54, 1.807) is 0 Å². The van der Waals surface area contributed by atoms with E-state index in [2.05, 4.69) is 68.6 Å². The van der Waals surface area contributed by atoms with Crippen LogP contribution in [0, 0.1) is 0 Å². The molecule has 0 aromatic heterocycles. The Labute approximate surface area is 116 Å². The van der Waals surface area contributed by atoms with Gasteiger partial charge in [-0.2, -0.15) is 0 Å². The van der Waals surface area contributed by atoms with E-state index in [0.717, 1.165) is 19.3 Å². The summed E-state index contributed by atoms with van der Waals surface area (Å²) in [5.74, 6) is 0. The molecule has 0 aliphatic rings. The molecule has 2 rings (SSSR count). The highest BCUT2D eigenvalue weighted by Crippen LogP contribution is 2.29. The maximum absolute atomic E-state index is 3.62. The monoisotopic (exact) mass is 253 g/mol. The van der Waals surface area contributed by atoms with Crippen LogP contribution in [0.5, 0.6) is 0 Å². The molecule has 0 radical (unpaired) electrons. The maximum atomic E-state index is 3.62. The lowest BCUT2D eigenvalue weighted by molar-refractivity contribution is 1.02.